The fourth-order valence-corrected chi connectivity index (χ4v) is 3.50. The molecule has 0 unspecified atom stereocenters. The summed E-state index contributed by atoms with van der Waals surface area (Å²) in [6.45, 7) is 4.11. The van der Waals surface area contributed by atoms with Gasteiger partial charge in [-0.2, -0.15) is 0 Å². The zero-order valence-corrected chi connectivity index (χ0v) is 20.6. The van der Waals surface area contributed by atoms with Gasteiger partial charge >= 0.3 is 0 Å². The molecule has 36 heavy (non-hydrogen) atoms. The van der Waals surface area contributed by atoms with Gasteiger partial charge in [0.15, 0.2) is 5.75 Å². The average molecular weight is 495 g/mol. The van der Waals surface area contributed by atoms with Crippen LogP contribution in [-0.2, 0) is 4.79 Å². The highest BCUT2D eigenvalue weighted by molar-refractivity contribution is 5.99. The molecule has 3 rings (SSSR count). The predicted molar refractivity (Wildman–Crippen MR) is 138 cm³/mol. The maximum atomic E-state index is 12.8. The number of nitrogens with one attached hydrogen (secondary N) is 3. The first-order chi connectivity index (χ1) is 17.1. The monoisotopic (exact) mass is 494 g/mol. The minimum atomic E-state index is -0.805. The molecule has 0 aliphatic carbocycles. The van der Waals surface area contributed by atoms with Gasteiger partial charge in [0, 0.05) is 14.1 Å². The van der Waals surface area contributed by atoms with Gasteiger partial charge < -0.3 is 30.7 Å². The fraction of sp³-hybridized carbons (Fsp3) is 0.308. The van der Waals surface area contributed by atoms with Crippen LogP contribution in [0.2, 0.25) is 0 Å². The number of phenols is 1. The largest absolute Gasteiger partial charge is 0.505 e. The van der Waals surface area contributed by atoms with Crippen molar-refractivity contribution in [3.05, 3.63) is 74.5 Å². The van der Waals surface area contributed by atoms with Crippen molar-refractivity contribution in [2.24, 2.45) is 5.92 Å². The number of carbonyl (C=O) groups excluding carboxylic acids is 2. The highest BCUT2D eigenvalue weighted by atomic mass is 16.5. The molecule has 0 fully saturated rings. The zero-order chi connectivity index (χ0) is 26.4. The van der Waals surface area contributed by atoms with Crippen LogP contribution in [0.5, 0.6) is 11.5 Å². The van der Waals surface area contributed by atoms with Crippen LogP contribution < -0.4 is 31.5 Å². The third-order valence-corrected chi connectivity index (χ3v) is 5.50. The van der Waals surface area contributed by atoms with Gasteiger partial charge in [-0.1, -0.05) is 38.1 Å². The molecule has 10 nitrogen and oxygen atoms in total. The molecule has 4 N–H and O–H groups in total. The van der Waals surface area contributed by atoms with E-state index in [9.17, 15) is 24.3 Å². The number of phenolic OH excluding ortho intramolecular Hbond substituents is 1. The SMILES string of the molecule is CC(C)[C@@H](Nc1c(Nc2cccc(C(=O)N(C)C)c2O)c(=O)c1=O)C(=O)NCCOc1ccccc1. The molecule has 0 aromatic heterocycles. The molecular formula is C26H30N4O6. The average Bonchev–Trinajstić information content (AvgIpc) is 2.86. The number of amides is 2. The van der Waals surface area contributed by atoms with E-state index >= 15 is 0 Å². The van der Waals surface area contributed by atoms with Gasteiger partial charge in [0.25, 0.3) is 16.8 Å². The third-order valence-electron chi connectivity index (χ3n) is 5.50. The summed E-state index contributed by atoms with van der Waals surface area (Å²) < 4.78 is 5.57. The highest BCUT2D eigenvalue weighted by Crippen LogP contribution is 2.32. The summed E-state index contributed by atoms with van der Waals surface area (Å²) in [7, 11) is 3.09. The van der Waals surface area contributed by atoms with Crippen molar-refractivity contribution in [2.75, 3.05) is 37.9 Å². The van der Waals surface area contributed by atoms with Crippen molar-refractivity contribution in [1.29, 1.82) is 0 Å². The van der Waals surface area contributed by atoms with E-state index in [0.29, 0.717) is 5.75 Å². The minimum Gasteiger partial charge on any atom is -0.505 e. The van der Waals surface area contributed by atoms with Crippen LogP contribution in [0.4, 0.5) is 17.1 Å². The van der Waals surface area contributed by atoms with E-state index in [0.717, 1.165) is 0 Å². The van der Waals surface area contributed by atoms with Crippen LogP contribution in [0.3, 0.4) is 0 Å². The van der Waals surface area contributed by atoms with E-state index in [-0.39, 0.29) is 53.4 Å². The second-order valence-corrected chi connectivity index (χ2v) is 8.75. The Morgan fingerprint density at radius 2 is 1.64 bits per heavy atom. The van der Waals surface area contributed by atoms with Gasteiger partial charge in [-0.15, -0.1) is 0 Å². The number of carbonyl (C=O) groups is 2. The number of aromatic hydroxyl groups is 1. The highest BCUT2D eigenvalue weighted by Gasteiger charge is 2.29. The number of ether oxygens (including phenoxy) is 1. The van der Waals surface area contributed by atoms with Crippen molar-refractivity contribution in [2.45, 2.75) is 19.9 Å². The number of rotatable bonds is 11. The van der Waals surface area contributed by atoms with Crippen LogP contribution in [0, 0.1) is 5.92 Å². The number of nitrogens with zero attached hydrogens (tertiary/aromatic N) is 1. The fourth-order valence-electron chi connectivity index (χ4n) is 3.50. The summed E-state index contributed by atoms with van der Waals surface area (Å²) in [4.78, 5) is 51.0. The number of para-hydroxylation sites is 2. The molecular weight excluding hydrogens is 464 g/mol. The van der Waals surface area contributed by atoms with Crippen LogP contribution in [-0.4, -0.2) is 55.1 Å². The molecule has 190 valence electrons. The maximum Gasteiger partial charge on any atom is 0.257 e. The normalized spacial score (nSPS) is 11.7. The minimum absolute atomic E-state index is 0.0374. The molecule has 0 radical (unpaired) electrons. The summed E-state index contributed by atoms with van der Waals surface area (Å²) in [5, 5.41) is 18.9. The lowest BCUT2D eigenvalue weighted by Gasteiger charge is -2.25. The van der Waals surface area contributed by atoms with Crippen LogP contribution in [0.15, 0.2) is 58.1 Å². The Morgan fingerprint density at radius 1 is 0.972 bits per heavy atom. The van der Waals surface area contributed by atoms with Crippen molar-refractivity contribution in [3.63, 3.8) is 0 Å². The summed E-state index contributed by atoms with van der Waals surface area (Å²) in [5.74, 6) is -0.669. The van der Waals surface area contributed by atoms with Crippen molar-refractivity contribution < 1.29 is 19.4 Å². The second kappa shape index (κ2) is 11.4. The Balaban J connectivity index is 1.70. The molecule has 0 heterocycles. The molecule has 2 amide bonds. The Morgan fingerprint density at radius 3 is 2.28 bits per heavy atom. The van der Waals surface area contributed by atoms with E-state index in [1.165, 1.54) is 17.0 Å². The van der Waals surface area contributed by atoms with Gasteiger partial charge in [-0.3, -0.25) is 19.2 Å². The van der Waals surface area contributed by atoms with Gasteiger partial charge in [-0.25, -0.2) is 0 Å². The Kier molecular flexibility index (Phi) is 8.31. The lowest BCUT2D eigenvalue weighted by Crippen LogP contribution is -2.47. The third kappa shape index (κ3) is 5.83. The van der Waals surface area contributed by atoms with Gasteiger partial charge in [0.05, 0.1) is 17.8 Å². The molecule has 3 aromatic carbocycles. The van der Waals surface area contributed by atoms with Crippen molar-refractivity contribution in [1.82, 2.24) is 10.2 Å². The number of hydrogen-bond donors (Lipinski definition) is 4. The second-order valence-electron chi connectivity index (χ2n) is 8.75. The molecule has 10 heteroatoms. The van der Waals surface area contributed by atoms with Gasteiger partial charge in [0.2, 0.25) is 5.91 Å². The van der Waals surface area contributed by atoms with E-state index in [4.69, 9.17) is 4.74 Å². The summed E-state index contributed by atoms with van der Waals surface area (Å²) in [5.41, 5.74) is -1.59. The Bertz CT molecular complexity index is 1300. The smallest absolute Gasteiger partial charge is 0.257 e. The van der Waals surface area contributed by atoms with Crippen molar-refractivity contribution in [3.8, 4) is 11.5 Å². The summed E-state index contributed by atoms with van der Waals surface area (Å²) in [6.07, 6.45) is 0. The first-order valence-electron chi connectivity index (χ1n) is 11.5. The van der Waals surface area contributed by atoms with Gasteiger partial charge in [0.1, 0.15) is 29.8 Å². The molecule has 0 saturated carbocycles. The zero-order valence-electron chi connectivity index (χ0n) is 20.6. The summed E-state index contributed by atoms with van der Waals surface area (Å²) >= 11 is 0. The lowest BCUT2D eigenvalue weighted by molar-refractivity contribution is -0.122. The Hall–Kier alpha value is -4.34. The van der Waals surface area contributed by atoms with Gasteiger partial charge in [-0.05, 0) is 30.2 Å². The van der Waals surface area contributed by atoms with E-state index < -0.39 is 22.8 Å². The first kappa shape index (κ1) is 26.3. The molecule has 0 saturated heterocycles. The number of anilines is 3. The maximum absolute atomic E-state index is 12.8. The van der Waals surface area contributed by atoms with E-state index in [1.807, 2.05) is 30.3 Å². The molecule has 0 bridgehead atoms. The Labute approximate surface area is 208 Å². The number of hydrogen-bond acceptors (Lipinski definition) is 8. The van der Waals surface area contributed by atoms with E-state index in [2.05, 4.69) is 16.0 Å². The molecule has 3 aromatic rings. The molecule has 0 aliphatic rings. The molecule has 1 atom stereocenters. The van der Waals surface area contributed by atoms with E-state index in [1.54, 1.807) is 34.0 Å². The summed E-state index contributed by atoms with van der Waals surface area (Å²) in [6, 6.07) is 12.8. The standard InChI is InChI=1S/C26H30N4O6/c1-15(2)19(25(34)27-13-14-36-16-9-6-5-7-10-16)29-21-20(23(32)24(21)33)28-18-12-8-11-17(22(18)31)26(35)30(3)4/h5-12,15,19,28-29,31H,13-14H2,1-4H3,(H,27,34)/t19-/m1/s1. The lowest BCUT2D eigenvalue weighted by atomic mass is 10.0. The molecule has 0 aliphatic heterocycles. The van der Waals surface area contributed by atoms with Crippen molar-refractivity contribution >= 4 is 28.9 Å². The van der Waals surface area contributed by atoms with Crippen LogP contribution in [0.1, 0.15) is 24.2 Å². The topological polar surface area (TPSA) is 137 Å². The van der Waals surface area contributed by atoms with Crippen LogP contribution in [0.25, 0.3) is 0 Å². The number of benzene rings is 2. The molecule has 0 spiro atoms. The quantitative estimate of drug-likeness (QED) is 0.181. The predicted octanol–water partition coefficient (Wildman–Crippen LogP) is 2.07. The first-order valence-corrected chi connectivity index (χ1v) is 11.5. The van der Waals surface area contributed by atoms with Crippen LogP contribution >= 0.6 is 0 Å².